The molecule has 1 atom stereocenters. The van der Waals surface area contributed by atoms with Crippen molar-refractivity contribution in [2.45, 2.75) is 32.2 Å². The summed E-state index contributed by atoms with van der Waals surface area (Å²) in [5.41, 5.74) is 11.9. The Morgan fingerprint density at radius 2 is 2.14 bits per heavy atom. The van der Waals surface area contributed by atoms with E-state index in [1.165, 1.54) is 17.5 Å². The second-order valence-corrected chi connectivity index (χ2v) is 5.80. The van der Waals surface area contributed by atoms with E-state index in [1.807, 2.05) is 19.2 Å². The summed E-state index contributed by atoms with van der Waals surface area (Å²) in [6.45, 7) is 2.03. The van der Waals surface area contributed by atoms with Gasteiger partial charge in [0.15, 0.2) is 5.65 Å². The number of nitrogens with two attached hydrogens (primary N) is 1. The van der Waals surface area contributed by atoms with Crippen molar-refractivity contribution in [3.05, 3.63) is 53.2 Å². The lowest BCUT2D eigenvalue weighted by atomic mass is 9.87. The second kappa shape index (κ2) is 4.58. The molecule has 1 aliphatic rings. The highest BCUT2D eigenvalue weighted by Crippen LogP contribution is 2.36. The molecule has 4 nitrogen and oxygen atoms in total. The van der Waals surface area contributed by atoms with Gasteiger partial charge in [-0.25, -0.2) is 9.97 Å². The molecule has 21 heavy (non-hydrogen) atoms. The summed E-state index contributed by atoms with van der Waals surface area (Å²) in [5.74, 6) is 0.560. The number of hydrogen-bond acceptors (Lipinski definition) is 3. The largest absolute Gasteiger partial charge is 0.369 e. The molecule has 0 fully saturated rings. The highest BCUT2D eigenvalue weighted by atomic mass is 15.2. The molecule has 2 N–H and O–H groups in total. The van der Waals surface area contributed by atoms with Crippen LogP contribution >= 0.6 is 0 Å². The van der Waals surface area contributed by atoms with Gasteiger partial charge in [-0.3, -0.25) is 4.57 Å². The fraction of sp³-hybridized carbons (Fsp3) is 0.294. The molecule has 1 aromatic carbocycles. The molecule has 0 radical (unpaired) electrons. The molecule has 106 valence electrons. The van der Waals surface area contributed by atoms with E-state index in [0.29, 0.717) is 5.95 Å². The van der Waals surface area contributed by atoms with Crippen molar-refractivity contribution in [3.8, 4) is 0 Å². The Hall–Kier alpha value is -2.36. The van der Waals surface area contributed by atoms with E-state index in [-0.39, 0.29) is 6.04 Å². The third-order valence-corrected chi connectivity index (χ3v) is 4.34. The Morgan fingerprint density at radius 1 is 1.29 bits per heavy atom. The normalized spacial score (nSPS) is 17.9. The van der Waals surface area contributed by atoms with Gasteiger partial charge in [-0.15, -0.1) is 0 Å². The van der Waals surface area contributed by atoms with Crippen molar-refractivity contribution in [2.24, 2.45) is 0 Å². The molecule has 0 amide bonds. The summed E-state index contributed by atoms with van der Waals surface area (Å²) < 4.78 is 2.10. The third-order valence-electron chi connectivity index (χ3n) is 4.34. The van der Waals surface area contributed by atoms with Gasteiger partial charge in [0.1, 0.15) is 5.52 Å². The highest BCUT2D eigenvalue weighted by molar-refractivity contribution is 5.75. The number of pyridine rings is 1. The summed E-state index contributed by atoms with van der Waals surface area (Å²) in [7, 11) is 0. The first kappa shape index (κ1) is 12.4. The zero-order valence-corrected chi connectivity index (χ0v) is 12.1. The first-order valence-corrected chi connectivity index (χ1v) is 7.42. The Kier molecular flexibility index (Phi) is 2.70. The quantitative estimate of drug-likeness (QED) is 0.743. The van der Waals surface area contributed by atoms with Gasteiger partial charge in [0.25, 0.3) is 0 Å². The second-order valence-electron chi connectivity index (χ2n) is 5.80. The number of aromatic nitrogens is 3. The van der Waals surface area contributed by atoms with E-state index in [2.05, 4.69) is 38.8 Å². The third kappa shape index (κ3) is 1.90. The zero-order valence-electron chi connectivity index (χ0n) is 12.1. The molecule has 0 aliphatic heterocycles. The van der Waals surface area contributed by atoms with Crippen LogP contribution in [-0.2, 0) is 6.42 Å². The number of nitrogens with zero attached hydrogens (tertiary/aromatic N) is 3. The lowest BCUT2D eigenvalue weighted by Gasteiger charge is -2.27. The van der Waals surface area contributed by atoms with Gasteiger partial charge >= 0.3 is 0 Å². The topological polar surface area (TPSA) is 56.7 Å². The van der Waals surface area contributed by atoms with E-state index >= 15 is 0 Å². The fourth-order valence-electron chi connectivity index (χ4n) is 3.40. The molecule has 4 rings (SSSR count). The number of fused-ring (bicyclic) bond motifs is 2. The van der Waals surface area contributed by atoms with Crippen molar-refractivity contribution in [1.29, 1.82) is 0 Å². The van der Waals surface area contributed by atoms with E-state index < -0.39 is 0 Å². The number of anilines is 1. The predicted octanol–water partition coefficient (Wildman–Crippen LogP) is 3.25. The minimum atomic E-state index is 0.246. The summed E-state index contributed by atoms with van der Waals surface area (Å²) in [6, 6.07) is 10.9. The SMILES string of the molecule is Cc1cnc2c(c1)nc(N)n2C1CCCc2ccccc21. The van der Waals surface area contributed by atoms with Gasteiger partial charge in [0.05, 0.1) is 6.04 Å². The van der Waals surface area contributed by atoms with Gasteiger partial charge in [0.2, 0.25) is 5.95 Å². The van der Waals surface area contributed by atoms with Gasteiger partial charge < -0.3 is 5.73 Å². The Morgan fingerprint density at radius 3 is 3.05 bits per heavy atom. The predicted molar refractivity (Wildman–Crippen MR) is 84.2 cm³/mol. The number of benzene rings is 1. The standard InChI is InChI=1S/C17H18N4/c1-11-9-14-16(19-10-11)21(17(18)20-14)15-8-4-6-12-5-2-3-7-13(12)15/h2-3,5,7,9-10,15H,4,6,8H2,1H3,(H2,18,20). The zero-order chi connectivity index (χ0) is 14.4. The maximum atomic E-state index is 6.20. The molecule has 0 spiro atoms. The van der Waals surface area contributed by atoms with Gasteiger partial charge in [-0.2, -0.15) is 0 Å². The molecule has 1 aliphatic carbocycles. The van der Waals surface area contributed by atoms with Crippen molar-refractivity contribution < 1.29 is 0 Å². The lowest BCUT2D eigenvalue weighted by Crippen LogP contribution is -2.19. The fourth-order valence-corrected chi connectivity index (χ4v) is 3.40. The maximum absolute atomic E-state index is 6.20. The van der Waals surface area contributed by atoms with Gasteiger partial charge in [-0.1, -0.05) is 24.3 Å². The van der Waals surface area contributed by atoms with Crippen molar-refractivity contribution in [1.82, 2.24) is 14.5 Å². The number of nitrogen functional groups attached to an aromatic ring is 1. The average Bonchev–Trinajstić information content (AvgIpc) is 2.81. The van der Waals surface area contributed by atoms with Crippen LogP contribution in [0.15, 0.2) is 36.5 Å². The molecule has 0 saturated heterocycles. The first-order valence-electron chi connectivity index (χ1n) is 7.42. The number of aryl methyl sites for hydroxylation is 2. The first-order chi connectivity index (χ1) is 10.2. The van der Waals surface area contributed by atoms with E-state index in [9.17, 15) is 0 Å². The van der Waals surface area contributed by atoms with Gasteiger partial charge in [-0.05, 0) is 48.9 Å². The number of hydrogen-bond donors (Lipinski definition) is 1. The maximum Gasteiger partial charge on any atom is 0.203 e. The average molecular weight is 278 g/mol. The van der Waals surface area contributed by atoms with Crippen molar-refractivity contribution in [3.63, 3.8) is 0 Å². The van der Waals surface area contributed by atoms with Crippen LogP contribution in [0.1, 0.15) is 35.6 Å². The molecular formula is C17H18N4. The van der Waals surface area contributed by atoms with Crippen LogP contribution < -0.4 is 5.73 Å². The van der Waals surface area contributed by atoms with Crippen molar-refractivity contribution in [2.75, 3.05) is 5.73 Å². The minimum absolute atomic E-state index is 0.246. The number of rotatable bonds is 1. The lowest BCUT2D eigenvalue weighted by molar-refractivity contribution is 0.502. The smallest absolute Gasteiger partial charge is 0.203 e. The Bertz CT molecular complexity index is 819. The van der Waals surface area contributed by atoms with Crippen LogP contribution in [-0.4, -0.2) is 14.5 Å². The van der Waals surface area contributed by atoms with E-state index in [0.717, 1.165) is 29.6 Å². The van der Waals surface area contributed by atoms with E-state index in [1.54, 1.807) is 0 Å². The highest BCUT2D eigenvalue weighted by Gasteiger charge is 2.25. The molecule has 0 saturated carbocycles. The molecule has 2 heterocycles. The van der Waals surface area contributed by atoms with Crippen LogP contribution in [0, 0.1) is 6.92 Å². The van der Waals surface area contributed by atoms with Crippen LogP contribution in [0.2, 0.25) is 0 Å². The van der Waals surface area contributed by atoms with Crippen LogP contribution in [0.4, 0.5) is 5.95 Å². The summed E-state index contributed by atoms with van der Waals surface area (Å²) in [4.78, 5) is 9.07. The van der Waals surface area contributed by atoms with Gasteiger partial charge in [0, 0.05) is 6.20 Å². The Balaban J connectivity index is 1.94. The van der Waals surface area contributed by atoms with Crippen LogP contribution in [0.5, 0.6) is 0 Å². The number of imidazole rings is 1. The van der Waals surface area contributed by atoms with E-state index in [4.69, 9.17) is 5.73 Å². The minimum Gasteiger partial charge on any atom is -0.369 e. The summed E-state index contributed by atoms with van der Waals surface area (Å²) in [5, 5.41) is 0. The molecular weight excluding hydrogens is 260 g/mol. The van der Waals surface area contributed by atoms with Crippen LogP contribution in [0.3, 0.4) is 0 Å². The molecule has 2 aromatic heterocycles. The molecule has 1 unspecified atom stereocenters. The Labute approximate surface area is 123 Å². The summed E-state index contributed by atoms with van der Waals surface area (Å²) in [6.07, 6.45) is 5.29. The summed E-state index contributed by atoms with van der Waals surface area (Å²) >= 11 is 0. The monoisotopic (exact) mass is 278 g/mol. The molecule has 3 aromatic rings. The van der Waals surface area contributed by atoms with Crippen molar-refractivity contribution >= 4 is 17.1 Å². The molecule has 4 heteroatoms. The van der Waals surface area contributed by atoms with Crippen LogP contribution in [0.25, 0.3) is 11.2 Å². The molecule has 0 bridgehead atoms.